The maximum absolute atomic E-state index is 11.7. The van der Waals surface area contributed by atoms with Crippen molar-refractivity contribution in [1.29, 1.82) is 0 Å². The Morgan fingerprint density at radius 3 is 2.50 bits per heavy atom. The van der Waals surface area contributed by atoms with Gasteiger partial charge >= 0.3 is 0 Å². The van der Waals surface area contributed by atoms with Gasteiger partial charge in [0.05, 0.1) is 4.91 Å². The van der Waals surface area contributed by atoms with Crippen molar-refractivity contribution in [2.24, 2.45) is 0 Å². The van der Waals surface area contributed by atoms with E-state index in [2.05, 4.69) is 15.9 Å². The molecule has 1 aromatic carbocycles. The quantitative estimate of drug-likeness (QED) is 0.586. The lowest BCUT2D eigenvalue weighted by Crippen LogP contribution is -2.22. The first-order valence-electron chi connectivity index (χ1n) is 4.55. The van der Waals surface area contributed by atoms with Gasteiger partial charge in [-0.1, -0.05) is 52.0 Å². The van der Waals surface area contributed by atoms with Crippen LogP contribution in [0.3, 0.4) is 0 Å². The Hall–Kier alpha value is -0.650. The Morgan fingerprint density at radius 2 is 2.00 bits per heavy atom. The second-order valence-electron chi connectivity index (χ2n) is 3.29. The topological polar surface area (TPSA) is 20.3 Å². The minimum atomic E-state index is -0.0297. The van der Waals surface area contributed by atoms with Crippen LogP contribution in [-0.4, -0.2) is 22.2 Å². The summed E-state index contributed by atoms with van der Waals surface area (Å²) >= 11 is 9.76. The highest BCUT2D eigenvalue weighted by Gasteiger charge is 2.28. The molecule has 2 rings (SSSR count). The van der Waals surface area contributed by atoms with Gasteiger partial charge < -0.3 is 0 Å². The van der Waals surface area contributed by atoms with E-state index in [9.17, 15) is 4.79 Å². The molecule has 0 radical (unpaired) electrons. The molecule has 2 nitrogen and oxygen atoms in total. The predicted molar refractivity (Wildman–Crippen MR) is 75.1 cm³/mol. The monoisotopic (exact) mass is 313 g/mol. The molecular weight excluding hydrogens is 306 g/mol. The summed E-state index contributed by atoms with van der Waals surface area (Å²) in [5.41, 5.74) is 0.997. The number of hydrogen-bond acceptors (Lipinski definition) is 3. The SMILES string of the molecule is CN1C(=O)/C(=C/c2ccc(Br)cc2)SC1=S. The average molecular weight is 314 g/mol. The first-order valence-corrected chi connectivity index (χ1v) is 6.57. The van der Waals surface area contributed by atoms with Crippen molar-refractivity contribution < 1.29 is 4.79 Å². The number of nitrogens with zero attached hydrogens (tertiary/aromatic N) is 1. The second kappa shape index (κ2) is 4.69. The second-order valence-corrected chi connectivity index (χ2v) is 5.88. The van der Waals surface area contributed by atoms with Gasteiger partial charge in [0.25, 0.3) is 5.91 Å². The minimum Gasteiger partial charge on any atom is -0.296 e. The largest absolute Gasteiger partial charge is 0.296 e. The molecular formula is C11H8BrNOS2. The number of amides is 1. The molecule has 0 spiro atoms. The van der Waals surface area contributed by atoms with Crippen molar-refractivity contribution >= 4 is 56.2 Å². The molecule has 0 saturated carbocycles. The number of thioether (sulfide) groups is 1. The van der Waals surface area contributed by atoms with Crippen molar-refractivity contribution in [3.05, 3.63) is 39.2 Å². The van der Waals surface area contributed by atoms with Gasteiger partial charge in [0.15, 0.2) is 0 Å². The van der Waals surface area contributed by atoms with Crippen molar-refractivity contribution in [3.8, 4) is 0 Å². The molecule has 1 aliphatic heterocycles. The minimum absolute atomic E-state index is 0.0297. The van der Waals surface area contributed by atoms with Crippen molar-refractivity contribution in [3.63, 3.8) is 0 Å². The summed E-state index contributed by atoms with van der Waals surface area (Å²) < 4.78 is 1.63. The average Bonchev–Trinajstić information content (AvgIpc) is 2.50. The van der Waals surface area contributed by atoms with Crippen LogP contribution >= 0.6 is 39.9 Å². The number of carbonyl (C=O) groups excluding carboxylic acids is 1. The smallest absolute Gasteiger partial charge is 0.265 e. The van der Waals surface area contributed by atoms with E-state index in [0.29, 0.717) is 9.23 Å². The van der Waals surface area contributed by atoms with Crippen LogP contribution < -0.4 is 0 Å². The molecule has 0 N–H and O–H groups in total. The predicted octanol–water partition coefficient (Wildman–Crippen LogP) is 3.28. The molecule has 16 heavy (non-hydrogen) atoms. The van der Waals surface area contributed by atoms with E-state index in [0.717, 1.165) is 10.0 Å². The molecule has 0 atom stereocenters. The van der Waals surface area contributed by atoms with Gasteiger partial charge in [-0.25, -0.2) is 0 Å². The normalized spacial score (nSPS) is 18.6. The van der Waals surface area contributed by atoms with Crippen LogP contribution in [0.5, 0.6) is 0 Å². The lowest BCUT2D eigenvalue weighted by atomic mass is 10.2. The highest BCUT2D eigenvalue weighted by molar-refractivity contribution is 9.10. The van der Waals surface area contributed by atoms with Gasteiger partial charge in [-0.15, -0.1) is 0 Å². The number of halogens is 1. The third-order valence-electron chi connectivity index (χ3n) is 2.15. The summed E-state index contributed by atoms with van der Waals surface area (Å²) in [6.07, 6.45) is 1.86. The van der Waals surface area contributed by atoms with Crippen LogP contribution in [0.25, 0.3) is 6.08 Å². The number of rotatable bonds is 1. The maximum atomic E-state index is 11.7. The fourth-order valence-electron chi connectivity index (χ4n) is 1.26. The zero-order valence-electron chi connectivity index (χ0n) is 8.44. The zero-order chi connectivity index (χ0) is 11.7. The Morgan fingerprint density at radius 1 is 1.38 bits per heavy atom. The summed E-state index contributed by atoms with van der Waals surface area (Å²) in [7, 11) is 1.69. The fraction of sp³-hybridized carbons (Fsp3) is 0.0909. The van der Waals surface area contributed by atoms with Gasteiger partial charge in [-0.2, -0.15) is 0 Å². The summed E-state index contributed by atoms with van der Waals surface area (Å²) in [5.74, 6) is -0.0297. The van der Waals surface area contributed by atoms with E-state index in [1.807, 2.05) is 30.3 Å². The van der Waals surface area contributed by atoms with Gasteiger partial charge in [0.1, 0.15) is 4.32 Å². The van der Waals surface area contributed by atoms with E-state index < -0.39 is 0 Å². The lowest BCUT2D eigenvalue weighted by molar-refractivity contribution is -0.121. The van der Waals surface area contributed by atoms with Crippen LogP contribution in [0.4, 0.5) is 0 Å². The maximum Gasteiger partial charge on any atom is 0.265 e. The van der Waals surface area contributed by atoms with Gasteiger partial charge in [0.2, 0.25) is 0 Å². The fourth-order valence-corrected chi connectivity index (χ4v) is 2.70. The van der Waals surface area contributed by atoms with Crippen LogP contribution in [0.1, 0.15) is 5.56 Å². The first-order chi connectivity index (χ1) is 7.58. The first kappa shape index (κ1) is 11.8. The van der Waals surface area contributed by atoms with Crippen molar-refractivity contribution in [2.75, 3.05) is 7.05 Å². The van der Waals surface area contributed by atoms with Gasteiger partial charge in [-0.3, -0.25) is 9.69 Å². The van der Waals surface area contributed by atoms with Gasteiger partial charge in [0, 0.05) is 11.5 Å². The molecule has 1 saturated heterocycles. The molecule has 1 fully saturated rings. The summed E-state index contributed by atoms with van der Waals surface area (Å²) in [6.45, 7) is 0. The number of hydrogen-bond donors (Lipinski definition) is 0. The molecule has 0 aromatic heterocycles. The molecule has 1 heterocycles. The lowest BCUT2D eigenvalue weighted by Gasteiger charge is -2.03. The summed E-state index contributed by atoms with van der Waals surface area (Å²) in [6, 6.07) is 7.79. The highest BCUT2D eigenvalue weighted by atomic mass is 79.9. The Kier molecular flexibility index (Phi) is 3.47. The van der Waals surface area contributed by atoms with Gasteiger partial charge in [-0.05, 0) is 23.8 Å². The standard InChI is InChI=1S/C11H8BrNOS2/c1-13-10(14)9(16-11(13)15)6-7-2-4-8(12)5-3-7/h2-6H,1H3/b9-6-. The van der Waals surface area contributed by atoms with E-state index in [4.69, 9.17) is 12.2 Å². The molecule has 5 heteroatoms. The van der Waals surface area contributed by atoms with Crippen molar-refractivity contribution in [2.45, 2.75) is 0 Å². The van der Waals surface area contributed by atoms with E-state index in [1.54, 1.807) is 7.05 Å². The number of thiocarbonyl (C=S) groups is 1. The summed E-state index contributed by atoms with van der Waals surface area (Å²) in [5, 5.41) is 0. The van der Waals surface area contributed by atoms with Crippen LogP contribution in [0, 0.1) is 0 Å². The number of carbonyl (C=O) groups is 1. The molecule has 1 amide bonds. The van der Waals surface area contributed by atoms with Crippen LogP contribution in [0.2, 0.25) is 0 Å². The highest BCUT2D eigenvalue weighted by Crippen LogP contribution is 2.31. The van der Waals surface area contributed by atoms with Crippen LogP contribution in [-0.2, 0) is 4.79 Å². The molecule has 1 aliphatic rings. The molecule has 1 aromatic rings. The third kappa shape index (κ3) is 2.36. The Bertz CT molecular complexity index is 481. The summed E-state index contributed by atoms with van der Waals surface area (Å²) in [4.78, 5) is 13.9. The Labute approximate surface area is 112 Å². The number of likely N-dealkylation sites (N-methyl/N-ethyl adjacent to an activating group) is 1. The zero-order valence-corrected chi connectivity index (χ0v) is 11.7. The molecule has 0 unspecified atom stereocenters. The van der Waals surface area contributed by atoms with Crippen molar-refractivity contribution in [1.82, 2.24) is 4.90 Å². The Balaban J connectivity index is 2.29. The van der Waals surface area contributed by atoms with Crippen LogP contribution in [0.15, 0.2) is 33.6 Å². The molecule has 0 bridgehead atoms. The number of benzene rings is 1. The molecule has 82 valence electrons. The van der Waals surface area contributed by atoms with E-state index in [1.165, 1.54) is 16.7 Å². The molecule has 0 aliphatic carbocycles. The van der Waals surface area contributed by atoms with E-state index in [-0.39, 0.29) is 5.91 Å². The van der Waals surface area contributed by atoms with E-state index >= 15 is 0 Å². The third-order valence-corrected chi connectivity index (χ3v) is 4.17.